The molecule has 0 aliphatic rings. The Morgan fingerprint density at radius 2 is 1.89 bits per heavy atom. The van der Waals surface area contributed by atoms with Gasteiger partial charge in [-0.3, -0.25) is 9.69 Å². The number of thiophene rings is 1. The van der Waals surface area contributed by atoms with Crippen molar-refractivity contribution in [3.8, 4) is 0 Å². The van der Waals surface area contributed by atoms with Gasteiger partial charge in [-0.1, -0.05) is 26.0 Å². The summed E-state index contributed by atoms with van der Waals surface area (Å²) in [6.07, 6.45) is 0. The van der Waals surface area contributed by atoms with E-state index in [9.17, 15) is 13.2 Å². The number of aryl methyl sites for hydroxylation is 1. The fourth-order valence-corrected chi connectivity index (χ4v) is 5.04. The molecule has 0 aliphatic carbocycles. The molecule has 8 heteroatoms. The average Bonchev–Trinajstić information content (AvgIpc) is 3.10. The molecule has 1 amide bonds. The van der Waals surface area contributed by atoms with Crippen molar-refractivity contribution in [1.82, 2.24) is 9.21 Å². The first-order valence-electron chi connectivity index (χ1n) is 8.89. The number of nitrogens with zero attached hydrogens (tertiary/aromatic N) is 2. The quantitative estimate of drug-likeness (QED) is 0.691. The van der Waals surface area contributed by atoms with Gasteiger partial charge in [0, 0.05) is 30.2 Å². The lowest BCUT2D eigenvalue weighted by atomic mass is 10.2. The molecule has 0 bridgehead atoms. The summed E-state index contributed by atoms with van der Waals surface area (Å²) in [6.45, 7) is 7.19. The topological polar surface area (TPSA) is 69.7 Å². The van der Waals surface area contributed by atoms with Gasteiger partial charge >= 0.3 is 0 Å². The summed E-state index contributed by atoms with van der Waals surface area (Å²) in [5, 5.41) is 4.86. The summed E-state index contributed by atoms with van der Waals surface area (Å²) in [5.74, 6) is -0.172. The SMILES string of the molecule is CCN(CC)S(=O)(=O)c1ccc(C)c(NC(=O)CN(C)Cc2cccs2)c1. The average molecular weight is 410 g/mol. The van der Waals surface area contributed by atoms with E-state index in [1.807, 2.05) is 36.4 Å². The first-order valence-corrected chi connectivity index (χ1v) is 11.2. The van der Waals surface area contributed by atoms with Crippen LogP contribution in [0.15, 0.2) is 40.6 Å². The monoisotopic (exact) mass is 409 g/mol. The molecule has 1 aromatic carbocycles. The molecule has 6 nitrogen and oxygen atoms in total. The van der Waals surface area contributed by atoms with Crippen LogP contribution in [0.5, 0.6) is 0 Å². The molecule has 1 aromatic heterocycles. The van der Waals surface area contributed by atoms with Crippen LogP contribution in [-0.2, 0) is 21.4 Å². The van der Waals surface area contributed by atoms with Crippen LogP contribution in [0.25, 0.3) is 0 Å². The van der Waals surface area contributed by atoms with E-state index in [-0.39, 0.29) is 17.3 Å². The minimum Gasteiger partial charge on any atom is -0.325 e. The predicted molar refractivity (Wildman–Crippen MR) is 111 cm³/mol. The number of carbonyl (C=O) groups is 1. The second kappa shape index (κ2) is 9.45. The zero-order valence-electron chi connectivity index (χ0n) is 16.2. The van der Waals surface area contributed by atoms with Gasteiger partial charge in [0.15, 0.2) is 0 Å². The predicted octanol–water partition coefficient (Wildman–Crippen LogP) is 3.16. The van der Waals surface area contributed by atoms with Crippen LogP contribution in [-0.4, -0.2) is 50.2 Å². The molecule has 27 heavy (non-hydrogen) atoms. The van der Waals surface area contributed by atoms with Gasteiger partial charge in [-0.05, 0) is 43.1 Å². The molecule has 0 unspecified atom stereocenters. The summed E-state index contributed by atoms with van der Waals surface area (Å²) in [6, 6.07) is 8.87. The molecule has 0 spiro atoms. The number of likely N-dealkylation sites (N-methyl/N-ethyl adjacent to an activating group) is 1. The number of carbonyl (C=O) groups excluding carboxylic acids is 1. The van der Waals surface area contributed by atoms with E-state index in [1.54, 1.807) is 43.4 Å². The Bertz CT molecular complexity index is 860. The lowest BCUT2D eigenvalue weighted by molar-refractivity contribution is -0.117. The van der Waals surface area contributed by atoms with Crippen LogP contribution in [0.1, 0.15) is 24.3 Å². The number of hydrogen-bond acceptors (Lipinski definition) is 5. The molecule has 1 N–H and O–H groups in total. The van der Waals surface area contributed by atoms with Gasteiger partial charge in [0.25, 0.3) is 0 Å². The van der Waals surface area contributed by atoms with Gasteiger partial charge < -0.3 is 5.32 Å². The highest BCUT2D eigenvalue weighted by Gasteiger charge is 2.22. The minimum absolute atomic E-state index is 0.172. The second-order valence-corrected chi connectivity index (χ2v) is 9.34. The fourth-order valence-electron chi connectivity index (χ4n) is 2.77. The van der Waals surface area contributed by atoms with Crippen molar-refractivity contribution in [3.05, 3.63) is 46.2 Å². The van der Waals surface area contributed by atoms with Gasteiger partial charge in [-0.15, -0.1) is 11.3 Å². The third kappa shape index (κ3) is 5.62. The van der Waals surface area contributed by atoms with Crippen molar-refractivity contribution in [2.45, 2.75) is 32.2 Å². The molecule has 148 valence electrons. The maximum absolute atomic E-state index is 12.7. The number of amides is 1. The summed E-state index contributed by atoms with van der Waals surface area (Å²) in [4.78, 5) is 15.7. The van der Waals surface area contributed by atoms with Crippen LogP contribution in [0.3, 0.4) is 0 Å². The first kappa shape index (κ1) is 21.6. The van der Waals surface area contributed by atoms with Crippen molar-refractivity contribution >= 4 is 33.0 Å². The smallest absolute Gasteiger partial charge is 0.243 e. The Kier molecular flexibility index (Phi) is 7.55. The van der Waals surface area contributed by atoms with Crippen LogP contribution < -0.4 is 5.32 Å². The van der Waals surface area contributed by atoms with E-state index in [0.717, 1.165) is 5.56 Å². The van der Waals surface area contributed by atoms with Crippen LogP contribution in [0, 0.1) is 6.92 Å². The summed E-state index contributed by atoms with van der Waals surface area (Å²) >= 11 is 1.65. The third-order valence-electron chi connectivity index (χ3n) is 4.25. The maximum atomic E-state index is 12.7. The number of anilines is 1. The minimum atomic E-state index is -3.56. The van der Waals surface area contributed by atoms with Crippen molar-refractivity contribution < 1.29 is 13.2 Å². The fraction of sp³-hybridized carbons (Fsp3) is 0.421. The normalized spacial score (nSPS) is 11.9. The first-order chi connectivity index (χ1) is 12.8. The molecule has 2 rings (SSSR count). The Hall–Kier alpha value is -1.74. The lowest BCUT2D eigenvalue weighted by Crippen LogP contribution is -2.31. The highest BCUT2D eigenvalue weighted by Crippen LogP contribution is 2.23. The van der Waals surface area contributed by atoms with E-state index >= 15 is 0 Å². The van der Waals surface area contributed by atoms with Gasteiger partial charge in [-0.2, -0.15) is 4.31 Å². The van der Waals surface area contributed by atoms with Crippen LogP contribution in [0.4, 0.5) is 5.69 Å². The maximum Gasteiger partial charge on any atom is 0.243 e. The molecule has 0 fully saturated rings. The number of nitrogens with one attached hydrogen (secondary N) is 1. The van der Waals surface area contributed by atoms with E-state index in [4.69, 9.17) is 0 Å². The van der Waals surface area contributed by atoms with Crippen molar-refractivity contribution in [2.75, 3.05) is 32.0 Å². The summed E-state index contributed by atoms with van der Waals surface area (Å²) < 4.78 is 26.8. The van der Waals surface area contributed by atoms with Crippen LogP contribution in [0.2, 0.25) is 0 Å². The molecule has 0 saturated carbocycles. The van der Waals surface area contributed by atoms with Crippen molar-refractivity contribution in [3.63, 3.8) is 0 Å². The van der Waals surface area contributed by atoms with E-state index in [1.165, 1.54) is 9.18 Å². The number of benzene rings is 1. The van der Waals surface area contributed by atoms with Crippen molar-refractivity contribution in [2.24, 2.45) is 0 Å². The highest BCUT2D eigenvalue weighted by atomic mass is 32.2. The van der Waals surface area contributed by atoms with Crippen molar-refractivity contribution in [1.29, 1.82) is 0 Å². The molecule has 0 radical (unpaired) electrons. The van der Waals surface area contributed by atoms with Gasteiger partial charge in [0.2, 0.25) is 15.9 Å². The Labute approximate surface area is 165 Å². The van der Waals surface area contributed by atoms with Gasteiger partial charge in [0.05, 0.1) is 11.4 Å². The number of rotatable bonds is 9. The van der Waals surface area contributed by atoms with Gasteiger partial charge in [0.1, 0.15) is 0 Å². The third-order valence-corrected chi connectivity index (χ3v) is 7.15. The molecular weight excluding hydrogens is 382 g/mol. The summed E-state index contributed by atoms with van der Waals surface area (Å²) in [5.41, 5.74) is 1.35. The number of hydrogen-bond donors (Lipinski definition) is 1. The van der Waals surface area contributed by atoms with E-state index < -0.39 is 10.0 Å². The molecular formula is C19H27N3O3S2. The Morgan fingerprint density at radius 3 is 2.48 bits per heavy atom. The van der Waals surface area contributed by atoms with Crippen LogP contribution >= 0.6 is 11.3 Å². The standard InChI is InChI=1S/C19H27N3O3S2/c1-5-22(6-2)27(24,25)17-10-9-15(3)18(12-17)20-19(23)14-21(4)13-16-8-7-11-26-16/h7-12H,5-6,13-14H2,1-4H3,(H,20,23). The highest BCUT2D eigenvalue weighted by molar-refractivity contribution is 7.89. The zero-order valence-corrected chi connectivity index (χ0v) is 17.9. The molecule has 1 heterocycles. The molecule has 0 saturated heterocycles. The van der Waals surface area contributed by atoms with E-state index in [2.05, 4.69) is 5.32 Å². The second-order valence-electron chi connectivity index (χ2n) is 6.37. The lowest BCUT2D eigenvalue weighted by Gasteiger charge is -2.20. The zero-order chi connectivity index (χ0) is 20.0. The van der Waals surface area contributed by atoms with E-state index in [0.29, 0.717) is 25.3 Å². The Balaban J connectivity index is 2.10. The largest absolute Gasteiger partial charge is 0.325 e. The van der Waals surface area contributed by atoms with Gasteiger partial charge in [-0.25, -0.2) is 8.42 Å². The summed E-state index contributed by atoms with van der Waals surface area (Å²) in [7, 11) is -1.68. The molecule has 0 aliphatic heterocycles. The number of sulfonamides is 1. The molecule has 0 atom stereocenters. The Morgan fingerprint density at radius 1 is 1.19 bits per heavy atom. The molecule has 2 aromatic rings.